The number of nitrogens with one attached hydrogen (secondary N) is 1. The summed E-state index contributed by atoms with van der Waals surface area (Å²) in [6.45, 7) is 6.70. The third-order valence-corrected chi connectivity index (χ3v) is 6.42. The molecule has 0 saturated heterocycles. The fourth-order valence-corrected chi connectivity index (χ4v) is 4.39. The third kappa shape index (κ3) is 8.57. The van der Waals surface area contributed by atoms with Crippen LogP contribution in [0.4, 0.5) is 0 Å². The molecule has 0 fully saturated rings. The number of hydrogen-bond donors (Lipinski definition) is 1. The molecule has 31 heavy (non-hydrogen) atoms. The molecule has 2 rings (SSSR count). The van der Waals surface area contributed by atoms with Crippen molar-refractivity contribution in [2.45, 2.75) is 39.1 Å². The summed E-state index contributed by atoms with van der Waals surface area (Å²) in [5.41, 5.74) is 1.82. The second kappa shape index (κ2) is 12.6. The largest absolute Gasteiger partial charge is 0.354 e. The highest BCUT2D eigenvalue weighted by Crippen LogP contribution is 2.25. The fraction of sp³-hybridized carbons (Fsp3) is 0.391. The first kappa shape index (κ1) is 25.9. The Morgan fingerprint density at radius 1 is 1.00 bits per heavy atom. The van der Waals surface area contributed by atoms with Crippen LogP contribution in [0.3, 0.4) is 0 Å². The summed E-state index contributed by atoms with van der Waals surface area (Å²) in [6, 6.07) is 12.0. The van der Waals surface area contributed by atoms with Gasteiger partial charge in [0.2, 0.25) is 11.8 Å². The minimum absolute atomic E-state index is 0.114. The molecule has 1 atom stereocenters. The summed E-state index contributed by atoms with van der Waals surface area (Å²) in [5.74, 6) is 0.856. The lowest BCUT2D eigenvalue weighted by atomic mass is 10.1. The van der Waals surface area contributed by atoms with Crippen molar-refractivity contribution < 1.29 is 9.59 Å². The molecule has 4 nitrogen and oxygen atoms in total. The van der Waals surface area contributed by atoms with Gasteiger partial charge in [0.25, 0.3) is 0 Å². The molecule has 1 unspecified atom stereocenters. The van der Waals surface area contributed by atoms with Gasteiger partial charge in [-0.2, -0.15) is 0 Å². The van der Waals surface area contributed by atoms with Crippen LogP contribution < -0.4 is 5.32 Å². The summed E-state index contributed by atoms with van der Waals surface area (Å²) in [7, 11) is 0. The Bertz CT molecular complexity index is 891. The lowest BCUT2D eigenvalue weighted by molar-refractivity contribution is -0.138. The average molecular weight is 502 g/mol. The minimum Gasteiger partial charge on any atom is -0.354 e. The molecule has 2 aromatic carbocycles. The number of amides is 2. The van der Waals surface area contributed by atoms with Crippen molar-refractivity contribution in [1.29, 1.82) is 0 Å². The predicted molar refractivity (Wildman–Crippen MR) is 132 cm³/mol. The zero-order chi connectivity index (χ0) is 23.0. The van der Waals surface area contributed by atoms with Crippen LogP contribution in [0.2, 0.25) is 15.1 Å². The Morgan fingerprint density at radius 3 is 2.26 bits per heavy atom. The van der Waals surface area contributed by atoms with E-state index in [2.05, 4.69) is 5.32 Å². The lowest BCUT2D eigenvalue weighted by Gasteiger charge is -2.29. The third-order valence-electron chi connectivity index (χ3n) is 4.62. The maximum atomic E-state index is 13.1. The van der Waals surface area contributed by atoms with E-state index in [1.165, 1.54) is 11.8 Å². The van der Waals surface area contributed by atoms with Gasteiger partial charge in [0.15, 0.2) is 0 Å². The van der Waals surface area contributed by atoms with E-state index >= 15 is 0 Å². The molecule has 0 aliphatic heterocycles. The molecule has 0 aliphatic rings. The van der Waals surface area contributed by atoms with Gasteiger partial charge in [-0.15, -0.1) is 11.8 Å². The predicted octanol–water partition coefficient (Wildman–Crippen LogP) is 6.07. The first-order valence-electron chi connectivity index (χ1n) is 10.0. The average Bonchev–Trinajstić information content (AvgIpc) is 2.72. The summed E-state index contributed by atoms with van der Waals surface area (Å²) in [4.78, 5) is 27.3. The number of rotatable bonds is 10. The number of hydrogen-bond acceptors (Lipinski definition) is 3. The number of thioether (sulfide) groups is 1. The second-order valence-corrected chi connectivity index (χ2v) is 9.96. The van der Waals surface area contributed by atoms with Gasteiger partial charge in [0, 0.05) is 33.9 Å². The van der Waals surface area contributed by atoms with Crippen LogP contribution in [0.15, 0.2) is 42.5 Å². The number of halogens is 3. The Morgan fingerprint density at radius 2 is 1.65 bits per heavy atom. The molecule has 1 N–H and O–H groups in total. The standard InChI is InChI=1S/C23H27Cl3N2O2S/c1-15(2)11-27-23(30)16(3)28(12-17-4-7-19(24)8-5-17)22(29)14-31-13-18-6-9-20(25)10-21(18)26/h4-10,15-16H,11-14H2,1-3H3,(H,27,30). The van der Waals surface area contributed by atoms with E-state index in [-0.39, 0.29) is 17.6 Å². The SMILES string of the molecule is CC(C)CNC(=O)C(C)N(Cc1ccc(Cl)cc1)C(=O)CSCc1ccc(Cl)cc1Cl. The van der Waals surface area contributed by atoms with Gasteiger partial charge < -0.3 is 10.2 Å². The first-order valence-corrected chi connectivity index (χ1v) is 12.3. The van der Waals surface area contributed by atoms with E-state index in [1.54, 1.807) is 36.1 Å². The molecule has 0 spiro atoms. The van der Waals surface area contributed by atoms with Crippen molar-refractivity contribution in [1.82, 2.24) is 10.2 Å². The number of nitrogens with zero attached hydrogens (tertiary/aromatic N) is 1. The summed E-state index contributed by atoms with van der Waals surface area (Å²) in [5, 5.41) is 4.69. The van der Waals surface area contributed by atoms with Crippen LogP contribution in [0, 0.1) is 5.92 Å². The van der Waals surface area contributed by atoms with Crippen molar-refractivity contribution in [2.24, 2.45) is 5.92 Å². The molecule has 0 aromatic heterocycles. The fourth-order valence-electron chi connectivity index (χ4n) is 2.79. The quantitative estimate of drug-likeness (QED) is 0.430. The second-order valence-electron chi connectivity index (χ2n) is 7.69. The summed E-state index contributed by atoms with van der Waals surface area (Å²) >= 11 is 19.6. The molecule has 0 aliphatic carbocycles. The molecule has 8 heteroatoms. The van der Waals surface area contributed by atoms with Crippen molar-refractivity contribution in [3.05, 3.63) is 68.7 Å². The molecular weight excluding hydrogens is 475 g/mol. The van der Waals surface area contributed by atoms with E-state index in [4.69, 9.17) is 34.8 Å². The topological polar surface area (TPSA) is 49.4 Å². The molecule has 2 aromatic rings. The zero-order valence-corrected chi connectivity index (χ0v) is 20.9. The summed E-state index contributed by atoms with van der Waals surface area (Å²) in [6.07, 6.45) is 0. The Balaban J connectivity index is 2.07. The van der Waals surface area contributed by atoms with E-state index in [1.807, 2.05) is 32.0 Å². The normalized spacial score (nSPS) is 12.0. The van der Waals surface area contributed by atoms with E-state index in [0.717, 1.165) is 11.1 Å². The first-order chi connectivity index (χ1) is 14.7. The van der Waals surface area contributed by atoms with E-state index in [0.29, 0.717) is 39.8 Å². The lowest BCUT2D eigenvalue weighted by Crippen LogP contribution is -2.48. The Labute approximate surface area is 203 Å². The van der Waals surface area contributed by atoms with Crippen LogP contribution in [0.5, 0.6) is 0 Å². The molecule has 0 heterocycles. The van der Waals surface area contributed by atoms with Crippen molar-refractivity contribution >= 4 is 58.4 Å². The smallest absolute Gasteiger partial charge is 0.242 e. The molecule has 0 radical (unpaired) electrons. The van der Waals surface area contributed by atoms with Gasteiger partial charge in [-0.3, -0.25) is 9.59 Å². The van der Waals surface area contributed by atoms with Crippen LogP contribution in [0.1, 0.15) is 31.9 Å². The minimum atomic E-state index is -0.596. The maximum Gasteiger partial charge on any atom is 0.242 e. The van der Waals surface area contributed by atoms with Gasteiger partial charge in [-0.05, 0) is 48.2 Å². The van der Waals surface area contributed by atoms with Gasteiger partial charge in [-0.25, -0.2) is 0 Å². The van der Waals surface area contributed by atoms with Crippen molar-refractivity contribution in [3.8, 4) is 0 Å². The van der Waals surface area contributed by atoms with Gasteiger partial charge >= 0.3 is 0 Å². The summed E-state index contributed by atoms with van der Waals surface area (Å²) < 4.78 is 0. The number of benzene rings is 2. The highest BCUT2D eigenvalue weighted by molar-refractivity contribution is 7.99. The van der Waals surface area contributed by atoms with Gasteiger partial charge in [0.05, 0.1) is 5.75 Å². The van der Waals surface area contributed by atoms with E-state index in [9.17, 15) is 9.59 Å². The van der Waals surface area contributed by atoms with Crippen LogP contribution in [-0.4, -0.2) is 35.1 Å². The van der Waals surface area contributed by atoms with Crippen LogP contribution in [-0.2, 0) is 21.9 Å². The highest BCUT2D eigenvalue weighted by atomic mass is 35.5. The zero-order valence-electron chi connectivity index (χ0n) is 17.8. The van der Waals surface area contributed by atoms with Gasteiger partial charge in [0.1, 0.15) is 6.04 Å². The monoisotopic (exact) mass is 500 g/mol. The maximum absolute atomic E-state index is 13.1. The Hall–Kier alpha value is -1.40. The molecule has 168 valence electrons. The molecular formula is C23H27Cl3N2O2S. The molecule has 2 amide bonds. The van der Waals surface area contributed by atoms with Crippen LogP contribution >= 0.6 is 46.6 Å². The van der Waals surface area contributed by atoms with Gasteiger partial charge in [-0.1, -0.05) is 66.8 Å². The van der Waals surface area contributed by atoms with E-state index < -0.39 is 6.04 Å². The molecule has 0 saturated carbocycles. The van der Waals surface area contributed by atoms with Crippen molar-refractivity contribution in [2.75, 3.05) is 12.3 Å². The highest BCUT2D eigenvalue weighted by Gasteiger charge is 2.26. The van der Waals surface area contributed by atoms with Crippen LogP contribution in [0.25, 0.3) is 0 Å². The number of carbonyl (C=O) groups is 2. The molecule has 0 bridgehead atoms. The number of carbonyl (C=O) groups excluding carboxylic acids is 2. The Kier molecular flexibility index (Phi) is 10.5. The van der Waals surface area contributed by atoms with Crippen molar-refractivity contribution in [3.63, 3.8) is 0 Å².